The average molecular weight is 387 g/mol. The van der Waals surface area contributed by atoms with Gasteiger partial charge in [0, 0.05) is 5.41 Å². The minimum absolute atomic E-state index is 0.400. The Kier molecular flexibility index (Phi) is 5.29. The van der Waals surface area contributed by atoms with Crippen LogP contribution in [0.2, 0.25) is 0 Å². The van der Waals surface area contributed by atoms with E-state index in [1.807, 2.05) is 10.9 Å². The van der Waals surface area contributed by atoms with Crippen LogP contribution in [-0.2, 0) is 10.0 Å². The SMILES string of the molecule is O=C(NNS(=O)(=O)/C=C/c1ccccc1)c1ccc(Br)s1. The molecule has 1 amide bonds. The Labute approximate surface area is 134 Å². The third kappa shape index (κ3) is 5.09. The summed E-state index contributed by atoms with van der Waals surface area (Å²) in [4.78, 5) is 14.1. The predicted molar refractivity (Wildman–Crippen MR) is 87.0 cm³/mol. The van der Waals surface area contributed by atoms with Gasteiger partial charge in [-0.3, -0.25) is 10.2 Å². The second-order valence-corrected chi connectivity index (χ2v) is 7.95. The van der Waals surface area contributed by atoms with E-state index in [9.17, 15) is 13.2 Å². The molecule has 0 saturated carbocycles. The summed E-state index contributed by atoms with van der Waals surface area (Å²) >= 11 is 4.44. The molecular weight excluding hydrogens is 376 g/mol. The van der Waals surface area contributed by atoms with Gasteiger partial charge in [-0.2, -0.15) is 0 Å². The molecule has 5 nitrogen and oxygen atoms in total. The van der Waals surface area contributed by atoms with Gasteiger partial charge >= 0.3 is 0 Å². The zero-order valence-corrected chi connectivity index (χ0v) is 13.8. The molecule has 1 aromatic heterocycles. The Balaban J connectivity index is 1.95. The highest BCUT2D eigenvalue weighted by Crippen LogP contribution is 2.21. The van der Waals surface area contributed by atoms with E-state index in [1.54, 1.807) is 36.4 Å². The monoisotopic (exact) mass is 386 g/mol. The van der Waals surface area contributed by atoms with E-state index in [2.05, 4.69) is 21.4 Å². The Hall–Kier alpha value is -1.48. The summed E-state index contributed by atoms with van der Waals surface area (Å²) in [6.07, 6.45) is 1.44. The summed E-state index contributed by atoms with van der Waals surface area (Å²) in [5.74, 6) is -0.512. The number of hydrogen-bond acceptors (Lipinski definition) is 4. The fourth-order valence-electron chi connectivity index (χ4n) is 1.38. The second-order valence-electron chi connectivity index (χ2n) is 3.92. The molecule has 0 unspecified atom stereocenters. The van der Waals surface area contributed by atoms with Crippen molar-refractivity contribution in [2.24, 2.45) is 0 Å². The van der Waals surface area contributed by atoms with Crippen molar-refractivity contribution in [3.8, 4) is 0 Å². The third-order valence-corrected chi connectivity index (χ3v) is 4.85. The first-order valence-electron chi connectivity index (χ1n) is 5.77. The van der Waals surface area contributed by atoms with Gasteiger partial charge in [-0.25, -0.2) is 8.42 Å². The molecule has 1 aromatic carbocycles. The third-order valence-electron chi connectivity index (χ3n) is 2.34. The fourth-order valence-corrected chi connectivity index (χ4v) is 3.30. The van der Waals surface area contributed by atoms with Crippen LogP contribution in [0.1, 0.15) is 15.2 Å². The van der Waals surface area contributed by atoms with Crippen LogP contribution in [0.5, 0.6) is 0 Å². The first-order chi connectivity index (χ1) is 9.96. The highest BCUT2D eigenvalue weighted by atomic mass is 79.9. The largest absolute Gasteiger partial charge is 0.276 e. The standard InChI is InChI=1S/C13H11BrN2O3S2/c14-12-7-6-11(20-12)13(17)15-16-21(18,19)9-8-10-4-2-1-3-5-10/h1-9,16H,(H,15,17)/b9-8+. The van der Waals surface area contributed by atoms with Gasteiger partial charge in [-0.05, 0) is 39.7 Å². The molecule has 0 radical (unpaired) electrons. The van der Waals surface area contributed by atoms with E-state index in [4.69, 9.17) is 0 Å². The van der Waals surface area contributed by atoms with E-state index in [0.717, 1.165) is 14.8 Å². The van der Waals surface area contributed by atoms with Crippen LogP contribution in [0.4, 0.5) is 0 Å². The molecule has 0 aliphatic heterocycles. The van der Waals surface area contributed by atoms with Gasteiger partial charge in [0.2, 0.25) is 0 Å². The zero-order chi connectivity index (χ0) is 15.3. The Morgan fingerprint density at radius 1 is 1.14 bits per heavy atom. The summed E-state index contributed by atoms with van der Waals surface area (Å²) in [6, 6.07) is 12.3. The number of carbonyl (C=O) groups is 1. The highest BCUT2D eigenvalue weighted by molar-refractivity contribution is 9.11. The summed E-state index contributed by atoms with van der Waals surface area (Å²) in [5, 5.41) is 0.993. The zero-order valence-electron chi connectivity index (χ0n) is 10.6. The van der Waals surface area contributed by atoms with Crippen molar-refractivity contribution < 1.29 is 13.2 Å². The molecule has 0 saturated heterocycles. The lowest BCUT2D eigenvalue weighted by atomic mass is 10.2. The molecule has 2 aromatic rings. The molecule has 0 atom stereocenters. The van der Waals surface area contributed by atoms with Crippen molar-refractivity contribution >= 4 is 49.3 Å². The molecular formula is C13H11BrN2O3S2. The fraction of sp³-hybridized carbons (Fsp3) is 0. The number of carbonyl (C=O) groups excluding carboxylic acids is 1. The van der Waals surface area contributed by atoms with Crippen LogP contribution in [0, 0.1) is 0 Å². The van der Waals surface area contributed by atoms with E-state index >= 15 is 0 Å². The number of nitrogens with one attached hydrogen (secondary N) is 2. The van der Waals surface area contributed by atoms with Gasteiger partial charge in [0.05, 0.1) is 8.66 Å². The lowest BCUT2D eigenvalue weighted by Gasteiger charge is -2.03. The van der Waals surface area contributed by atoms with Crippen molar-refractivity contribution in [2.75, 3.05) is 0 Å². The Morgan fingerprint density at radius 3 is 2.48 bits per heavy atom. The molecule has 110 valence electrons. The first-order valence-corrected chi connectivity index (χ1v) is 8.92. The Morgan fingerprint density at radius 2 is 1.86 bits per heavy atom. The maximum absolute atomic E-state index is 11.7. The first kappa shape index (κ1) is 15.9. The summed E-state index contributed by atoms with van der Waals surface area (Å²) < 4.78 is 24.2. The van der Waals surface area contributed by atoms with Crippen LogP contribution in [0.15, 0.2) is 51.7 Å². The number of thiophene rings is 1. The maximum atomic E-state index is 11.7. The number of hydrazine groups is 1. The smallest absolute Gasteiger partial charge is 0.273 e. The van der Waals surface area contributed by atoms with Gasteiger partial charge in [0.1, 0.15) is 0 Å². The van der Waals surface area contributed by atoms with E-state index < -0.39 is 15.9 Å². The van der Waals surface area contributed by atoms with Crippen LogP contribution < -0.4 is 10.3 Å². The number of halogens is 1. The average Bonchev–Trinajstić information content (AvgIpc) is 2.91. The summed E-state index contributed by atoms with van der Waals surface area (Å²) in [6.45, 7) is 0. The van der Waals surface area contributed by atoms with Crippen molar-refractivity contribution in [3.05, 3.63) is 62.1 Å². The van der Waals surface area contributed by atoms with Crippen LogP contribution in [0.3, 0.4) is 0 Å². The quantitative estimate of drug-likeness (QED) is 0.775. The van der Waals surface area contributed by atoms with Crippen molar-refractivity contribution in [1.29, 1.82) is 0 Å². The van der Waals surface area contributed by atoms with Gasteiger partial charge < -0.3 is 0 Å². The molecule has 0 fully saturated rings. The normalized spacial score (nSPS) is 11.7. The molecule has 0 aliphatic carbocycles. The van der Waals surface area contributed by atoms with E-state index in [0.29, 0.717) is 4.88 Å². The lowest BCUT2D eigenvalue weighted by molar-refractivity contribution is 0.0949. The minimum atomic E-state index is -3.75. The number of benzene rings is 1. The molecule has 1 heterocycles. The second kappa shape index (κ2) is 6.99. The van der Waals surface area contributed by atoms with Crippen LogP contribution in [-0.4, -0.2) is 14.3 Å². The van der Waals surface area contributed by atoms with Crippen molar-refractivity contribution in [3.63, 3.8) is 0 Å². The topological polar surface area (TPSA) is 75.3 Å². The number of amides is 1. The minimum Gasteiger partial charge on any atom is -0.273 e. The van der Waals surface area contributed by atoms with Crippen LogP contribution >= 0.6 is 27.3 Å². The molecule has 0 bridgehead atoms. The molecule has 2 N–H and O–H groups in total. The van der Waals surface area contributed by atoms with Gasteiger partial charge in [-0.15, -0.1) is 16.2 Å². The van der Waals surface area contributed by atoms with Gasteiger partial charge in [0.25, 0.3) is 15.9 Å². The van der Waals surface area contributed by atoms with Crippen molar-refractivity contribution in [1.82, 2.24) is 10.3 Å². The summed E-state index contributed by atoms with van der Waals surface area (Å²) in [5.41, 5.74) is 2.90. The molecule has 21 heavy (non-hydrogen) atoms. The predicted octanol–water partition coefficient (Wildman–Crippen LogP) is 2.75. The summed E-state index contributed by atoms with van der Waals surface area (Å²) in [7, 11) is -3.75. The number of sulfonamides is 1. The van der Waals surface area contributed by atoms with Gasteiger partial charge in [-0.1, -0.05) is 30.3 Å². The molecule has 8 heteroatoms. The number of hydrogen-bond donors (Lipinski definition) is 2. The maximum Gasteiger partial charge on any atom is 0.276 e. The number of rotatable bonds is 5. The van der Waals surface area contributed by atoms with E-state index in [-0.39, 0.29) is 0 Å². The van der Waals surface area contributed by atoms with Crippen LogP contribution in [0.25, 0.3) is 6.08 Å². The lowest BCUT2D eigenvalue weighted by Crippen LogP contribution is -2.40. The molecule has 0 aliphatic rings. The highest BCUT2D eigenvalue weighted by Gasteiger charge is 2.11. The van der Waals surface area contributed by atoms with Crippen molar-refractivity contribution in [2.45, 2.75) is 0 Å². The van der Waals surface area contributed by atoms with E-state index in [1.165, 1.54) is 17.4 Å². The molecule has 0 spiro atoms. The van der Waals surface area contributed by atoms with Gasteiger partial charge in [0.15, 0.2) is 0 Å². The molecule has 2 rings (SSSR count). The Bertz CT molecular complexity index is 755.